The van der Waals surface area contributed by atoms with Crippen LogP contribution < -0.4 is 0 Å². The molecule has 11 heavy (non-hydrogen) atoms. The smallest absolute Gasteiger partial charge is 0.162 e. The molecule has 2 nitrogen and oxygen atoms in total. The van der Waals surface area contributed by atoms with Crippen molar-refractivity contribution >= 4 is 11.6 Å². The van der Waals surface area contributed by atoms with Crippen LogP contribution in [0.3, 0.4) is 0 Å². The summed E-state index contributed by atoms with van der Waals surface area (Å²) < 4.78 is 0. The van der Waals surface area contributed by atoms with E-state index in [1.807, 2.05) is 0 Å². The maximum atomic E-state index is 11.2. The third kappa shape index (κ3) is 1.13. The Labute approximate surface area is 66.3 Å². The van der Waals surface area contributed by atoms with E-state index in [1.165, 1.54) is 12.2 Å². The molecule has 0 aromatic carbocycles. The summed E-state index contributed by atoms with van der Waals surface area (Å²) in [5, 5.41) is 0. The first-order valence-electron chi connectivity index (χ1n) is 3.72. The lowest BCUT2D eigenvalue weighted by Gasteiger charge is -2.29. The highest BCUT2D eigenvalue weighted by Gasteiger charge is 2.38. The summed E-state index contributed by atoms with van der Waals surface area (Å²) in [6, 6.07) is 0. The number of rotatable bonds is 0. The molecule has 0 saturated heterocycles. The van der Waals surface area contributed by atoms with E-state index >= 15 is 0 Å². The van der Waals surface area contributed by atoms with Gasteiger partial charge in [-0.3, -0.25) is 9.59 Å². The zero-order valence-electron chi connectivity index (χ0n) is 7.05. The summed E-state index contributed by atoms with van der Waals surface area (Å²) in [4.78, 5) is 22.3. The topological polar surface area (TPSA) is 34.1 Å². The average Bonchev–Trinajstić information content (AvgIpc) is 1.95. The lowest BCUT2D eigenvalue weighted by atomic mass is 9.71. The summed E-state index contributed by atoms with van der Waals surface area (Å²) in [7, 11) is 0. The zero-order valence-corrected chi connectivity index (χ0v) is 7.05. The average molecular weight is 152 g/mol. The monoisotopic (exact) mass is 152 g/mol. The summed E-state index contributed by atoms with van der Waals surface area (Å²) in [5.41, 5.74) is -0.508. The number of allylic oxidation sites excluding steroid dienone is 2. The molecule has 1 atom stereocenters. The molecule has 0 radical (unpaired) electrons. The van der Waals surface area contributed by atoms with E-state index in [4.69, 9.17) is 0 Å². The van der Waals surface area contributed by atoms with Gasteiger partial charge in [-0.05, 0) is 12.2 Å². The van der Waals surface area contributed by atoms with E-state index < -0.39 is 5.41 Å². The quantitative estimate of drug-likeness (QED) is 0.525. The number of ketones is 2. The fourth-order valence-electron chi connectivity index (χ4n) is 1.09. The van der Waals surface area contributed by atoms with Gasteiger partial charge in [-0.15, -0.1) is 0 Å². The van der Waals surface area contributed by atoms with E-state index in [0.29, 0.717) is 0 Å². The van der Waals surface area contributed by atoms with E-state index in [0.717, 1.165) is 0 Å². The second kappa shape index (κ2) is 2.29. The molecule has 0 amide bonds. The standard InChI is InChI=1S/C9H12O2/c1-6-7(10)4-5-8(11)9(6,2)3/h4-6H,1-3H3. The Kier molecular flexibility index (Phi) is 1.70. The molecule has 0 aromatic heterocycles. The van der Waals surface area contributed by atoms with E-state index in [2.05, 4.69) is 0 Å². The number of hydrogen-bond donors (Lipinski definition) is 0. The van der Waals surface area contributed by atoms with Crippen molar-refractivity contribution < 1.29 is 9.59 Å². The molecule has 0 aromatic rings. The molecule has 0 saturated carbocycles. The van der Waals surface area contributed by atoms with E-state index in [1.54, 1.807) is 20.8 Å². The lowest BCUT2D eigenvalue weighted by Crippen LogP contribution is -2.37. The first-order chi connectivity index (χ1) is 4.96. The molecular formula is C9H12O2. The van der Waals surface area contributed by atoms with Gasteiger partial charge in [0, 0.05) is 11.3 Å². The van der Waals surface area contributed by atoms with Gasteiger partial charge in [0.05, 0.1) is 0 Å². The maximum Gasteiger partial charge on any atom is 0.162 e. The van der Waals surface area contributed by atoms with Crippen LogP contribution in [0.2, 0.25) is 0 Å². The molecule has 60 valence electrons. The molecule has 0 heterocycles. The van der Waals surface area contributed by atoms with Crippen LogP contribution in [0.4, 0.5) is 0 Å². The number of hydrogen-bond acceptors (Lipinski definition) is 2. The van der Waals surface area contributed by atoms with Crippen molar-refractivity contribution in [3.05, 3.63) is 12.2 Å². The molecule has 2 heteroatoms. The van der Waals surface area contributed by atoms with E-state index in [9.17, 15) is 9.59 Å². The van der Waals surface area contributed by atoms with Crippen molar-refractivity contribution in [3.63, 3.8) is 0 Å². The summed E-state index contributed by atoms with van der Waals surface area (Å²) in [6.07, 6.45) is 2.75. The van der Waals surface area contributed by atoms with Crippen LogP contribution in [0, 0.1) is 11.3 Å². The van der Waals surface area contributed by atoms with Crippen molar-refractivity contribution in [2.45, 2.75) is 20.8 Å². The van der Waals surface area contributed by atoms with Gasteiger partial charge in [-0.1, -0.05) is 20.8 Å². The van der Waals surface area contributed by atoms with Crippen molar-refractivity contribution in [2.24, 2.45) is 11.3 Å². The van der Waals surface area contributed by atoms with Crippen molar-refractivity contribution in [1.29, 1.82) is 0 Å². The van der Waals surface area contributed by atoms with Gasteiger partial charge in [-0.25, -0.2) is 0 Å². The first kappa shape index (κ1) is 8.18. The molecule has 1 aliphatic carbocycles. The number of carbonyl (C=O) groups is 2. The Morgan fingerprint density at radius 1 is 1.27 bits per heavy atom. The normalized spacial score (nSPS) is 29.2. The second-order valence-corrected chi connectivity index (χ2v) is 3.54. The summed E-state index contributed by atoms with van der Waals surface area (Å²) >= 11 is 0. The van der Waals surface area contributed by atoms with Gasteiger partial charge in [0.2, 0.25) is 0 Å². The van der Waals surface area contributed by atoms with Gasteiger partial charge in [0.15, 0.2) is 11.6 Å². The molecular weight excluding hydrogens is 140 g/mol. The second-order valence-electron chi connectivity index (χ2n) is 3.54. The molecule has 0 fully saturated rings. The molecule has 1 unspecified atom stereocenters. The maximum absolute atomic E-state index is 11.2. The largest absolute Gasteiger partial charge is 0.295 e. The highest BCUT2D eigenvalue weighted by atomic mass is 16.1. The molecule has 1 rings (SSSR count). The Morgan fingerprint density at radius 2 is 1.82 bits per heavy atom. The highest BCUT2D eigenvalue weighted by molar-refractivity contribution is 6.08. The van der Waals surface area contributed by atoms with Gasteiger partial charge in [0.25, 0.3) is 0 Å². The SMILES string of the molecule is CC1C(=O)C=CC(=O)C1(C)C. The Bertz CT molecular complexity index is 236. The van der Waals surface area contributed by atoms with Gasteiger partial charge >= 0.3 is 0 Å². The van der Waals surface area contributed by atoms with Gasteiger partial charge < -0.3 is 0 Å². The van der Waals surface area contributed by atoms with Gasteiger partial charge in [0.1, 0.15) is 0 Å². The summed E-state index contributed by atoms with van der Waals surface area (Å²) in [5.74, 6) is -0.0841. The van der Waals surface area contributed by atoms with Crippen LogP contribution in [0.1, 0.15) is 20.8 Å². The minimum atomic E-state index is -0.508. The minimum absolute atomic E-state index is 0.0459. The predicted molar refractivity (Wildman–Crippen MR) is 42.1 cm³/mol. The van der Waals surface area contributed by atoms with Crippen LogP contribution in [0.25, 0.3) is 0 Å². The minimum Gasteiger partial charge on any atom is -0.295 e. The molecule has 0 spiro atoms. The molecule has 1 aliphatic rings. The third-order valence-corrected chi connectivity index (χ3v) is 2.54. The summed E-state index contributed by atoms with van der Waals surface area (Å²) in [6.45, 7) is 5.41. The Morgan fingerprint density at radius 3 is 2.27 bits per heavy atom. The van der Waals surface area contributed by atoms with E-state index in [-0.39, 0.29) is 17.5 Å². The fraction of sp³-hybridized carbons (Fsp3) is 0.556. The van der Waals surface area contributed by atoms with Crippen LogP contribution in [0.5, 0.6) is 0 Å². The van der Waals surface area contributed by atoms with Gasteiger partial charge in [-0.2, -0.15) is 0 Å². The van der Waals surface area contributed by atoms with Crippen LogP contribution in [-0.4, -0.2) is 11.6 Å². The Balaban J connectivity index is 3.07. The van der Waals surface area contributed by atoms with Crippen LogP contribution in [-0.2, 0) is 9.59 Å². The van der Waals surface area contributed by atoms with Crippen molar-refractivity contribution in [2.75, 3.05) is 0 Å². The van der Waals surface area contributed by atoms with Crippen LogP contribution in [0.15, 0.2) is 12.2 Å². The lowest BCUT2D eigenvalue weighted by molar-refractivity contribution is -0.133. The van der Waals surface area contributed by atoms with Crippen molar-refractivity contribution in [1.82, 2.24) is 0 Å². The zero-order chi connectivity index (χ0) is 8.65. The molecule has 0 N–H and O–H groups in total. The fourth-order valence-corrected chi connectivity index (χ4v) is 1.09. The van der Waals surface area contributed by atoms with Crippen LogP contribution >= 0.6 is 0 Å². The molecule has 0 aliphatic heterocycles. The van der Waals surface area contributed by atoms with Crippen molar-refractivity contribution in [3.8, 4) is 0 Å². The Hall–Kier alpha value is -0.920. The predicted octanol–water partition coefficient (Wildman–Crippen LogP) is 1.36. The molecule has 0 bridgehead atoms. The highest BCUT2D eigenvalue weighted by Crippen LogP contribution is 2.31. The number of carbonyl (C=O) groups excluding carboxylic acids is 2. The first-order valence-corrected chi connectivity index (χ1v) is 3.72. The third-order valence-electron chi connectivity index (χ3n) is 2.54.